The summed E-state index contributed by atoms with van der Waals surface area (Å²) >= 11 is 0. The molecule has 0 saturated heterocycles. The van der Waals surface area contributed by atoms with Crippen molar-refractivity contribution in [3.05, 3.63) is 101 Å². The van der Waals surface area contributed by atoms with Gasteiger partial charge in [-0.15, -0.1) is 0 Å². The lowest BCUT2D eigenvalue weighted by Gasteiger charge is -2.08. The Labute approximate surface area is 208 Å². The summed E-state index contributed by atoms with van der Waals surface area (Å²) in [5.74, 6) is -0.749. The van der Waals surface area contributed by atoms with E-state index in [0.29, 0.717) is 17.9 Å². The van der Waals surface area contributed by atoms with Gasteiger partial charge in [0.15, 0.2) is 12.4 Å². The zero-order chi connectivity index (χ0) is 25.7. The van der Waals surface area contributed by atoms with E-state index in [0.717, 1.165) is 28.1 Å². The van der Waals surface area contributed by atoms with E-state index < -0.39 is 18.5 Å². The molecular weight excluding hydrogens is 458 g/mol. The van der Waals surface area contributed by atoms with Crippen molar-refractivity contribution in [2.45, 2.75) is 33.9 Å². The van der Waals surface area contributed by atoms with Gasteiger partial charge in [-0.05, 0) is 38.5 Å². The van der Waals surface area contributed by atoms with Crippen LogP contribution in [-0.2, 0) is 22.6 Å². The second-order valence-electron chi connectivity index (χ2n) is 8.44. The number of aromatic nitrogens is 2. The largest absolute Gasteiger partial charge is 0.450 e. The van der Waals surface area contributed by atoms with Gasteiger partial charge in [0.1, 0.15) is 5.76 Å². The van der Waals surface area contributed by atoms with E-state index in [1.54, 1.807) is 30.3 Å². The highest BCUT2D eigenvalue weighted by molar-refractivity contribution is 5.94. The van der Waals surface area contributed by atoms with E-state index >= 15 is 0 Å². The number of benzene rings is 2. The molecule has 0 radical (unpaired) electrons. The third kappa shape index (κ3) is 5.78. The van der Waals surface area contributed by atoms with Crippen molar-refractivity contribution >= 4 is 17.7 Å². The molecular formula is C28H27N3O5. The summed E-state index contributed by atoms with van der Waals surface area (Å²) in [6.45, 7) is 5.85. The zero-order valence-electron chi connectivity index (χ0n) is 20.4. The second kappa shape index (κ2) is 10.9. The average molecular weight is 486 g/mol. The average Bonchev–Trinajstić information content (AvgIpc) is 3.47. The molecule has 0 bridgehead atoms. The van der Waals surface area contributed by atoms with Gasteiger partial charge in [-0.25, -0.2) is 4.79 Å². The van der Waals surface area contributed by atoms with Gasteiger partial charge in [0.25, 0.3) is 5.91 Å². The Morgan fingerprint density at radius 2 is 1.69 bits per heavy atom. The van der Waals surface area contributed by atoms with Crippen molar-refractivity contribution in [3.63, 3.8) is 0 Å². The van der Waals surface area contributed by atoms with E-state index in [1.165, 1.54) is 13.0 Å². The quantitative estimate of drug-likeness (QED) is 0.277. The molecule has 8 heteroatoms. The molecule has 184 valence electrons. The number of Topliss-reactive ketones (excluding diaryl/α,β-unsaturated/α-hetero) is 1. The molecule has 0 fully saturated rings. The highest BCUT2D eigenvalue weighted by atomic mass is 16.5. The summed E-state index contributed by atoms with van der Waals surface area (Å²) < 4.78 is 12.6. The van der Waals surface area contributed by atoms with Crippen molar-refractivity contribution in [3.8, 4) is 11.3 Å². The molecule has 0 spiro atoms. The Hall–Kier alpha value is -4.46. The number of esters is 1. The molecule has 0 aliphatic carbocycles. The number of aryl methyl sites for hydroxylation is 1. The van der Waals surface area contributed by atoms with Gasteiger partial charge < -0.3 is 14.5 Å². The van der Waals surface area contributed by atoms with Gasteiger partial charge in [0.05, 0.1) is 12.2 Å². The molecule has 36 heavy (non-hydrogen) atoms. The fraction of sp³-hybridized carbons (Fsp3) is 0.214. The molecule has 0 atom stereocenters. The summed E-state index contributed by atoms with van der Waals surface area (Å²) in [4.78, 5) is 36.1. The molecule has 1 N–H and O–H groups in total. The molecule has 2 aromatic heterocycles. The number of furan rings is 1. The van der Waals surface area contributed by atoms with Crippen LogP contribution in [0.3, 0.4) is 0 Å². The van der Waals surface area contributed by atoms with Crippen molar-refractivity contribution < 1.29 is 23.5 Å². The molecule has 4 aromatic rings. The fourth-order valence-electron chi connectivity index (χ4n) is 3.81. The monoisotopic (exact) mass is 485 g/mol. The Morgan fingerprint density at radius 1 is 0.972 bits per heavy atom. The van der Waals surface area contributed by atoms with Crippen LogP contribution < -0.4 is 5.32 Å². The minimum atomic E-state index is -0.736. The Balaban J connectivity index is 1.29. The van der Waals surface area contributed by atoms with Gasteiger partial charge in [-0.2, -0.15) is 5.10 Å². The van der Waals surface area contributed by atoms with Crippen LogP contribution >= 0.6 is 0 Å². The van der Waals surface area contributed by atoms with Crippen molar-refractivity contribution in [2.75, 3.05) is 6.61 Å². The van der Waals surface area contributed by atoms with E-state index in [2.05, 4.69) is 10.4 Å². The molecule has 0 aliphatic rings. The molecule has 0 saturated carbocycles. The fourth-order valence-corrected chi connectivity index (χ4v) is 3.81. The van der Waals surface area contributed by atoms with Gasteiger partial charge in [0, 0.05) is 28.9 Å². The van der Waals surface area contributed by atoms with Gasteiger partial charge >= 0.3 is 5.97 Å². The van der Waals surface area contributed by atoms with E-state index in [4.69, 9.17) is 9.15 Å². The summed E-state index contributed by atoms with van der Waals surface area (Å²) in [5, 5.41) is 7.37. The topological polar surface area (TPSA) is 103 Å². The van der Waals surface area contributed by atoms with E-state index in [1.807, 2.05) is 48.9 Å². The molecule has 1 amide bonds. The highest BCUT2D eigenvalue weighted by Gasteiger charge is 2.17. The van der Waals surface area contributed by atoms with Crippen LogP contribution in [0, 0.1) is 13.8 Å². The summed E-state index contributed by atoms with van der Waals surface area (Å²) in [6, 6.07) is 20.0. The van der Waals surface area contributed by atoms with Gasteiger partial charge in [0.2, 0.25) is 5.76 Å². The predicted molar refractivity (Wildman–Crippen MR) is 134 cm³/mol. The van der Waals surface area contributed by atoms with Crippen LogP contribution in [0.4, 0.5) is 0 Å². The van der Waals surface area contributed by atoms with Crippen LogP contribution in [0.1, 0.15) is 50.4 Å². The van der Waals surface area contributed by atoms with Crippen LogP contribution in [0.25, 0.3) is 11.3 Å². The number of ether oxygens (including phenoxy) is 1. The second-order valence-corrected chi connectivity index (χ2v) is 8.44. The summed E-state index contributed by atoms with van der Waals surface area (Å²) in [6.07, 6.45) is 0. The minimum absolute atomic E-state index is 0.0117. The van der Waals surface area contributed by atoms with Crippen LogP contribution in [0.5, 0.6) is 0 Å². The standard InChI is InChI=1S/C28H27N3O5/c1-18-24(19(2)31(30-18)16-21-7-5-4-6-8-21)15-29-27(33)17-35-28(34)26-14-13-25(36-26)23-11-9-22(10-12-23)20(3)32/h4-14H,15-17H2,1-3H3,(H,29,33). The third-order valence-corrected chi connectivity index (χ3v) is 5.89. The zero-order valence-corrected chi connectivity index (χ0v) is 20.4. The summed E-state index contributed by atoms with van der Waals surface area (Å²) in [7, 11) is 0. The highest BCUT2D eigenvalue weighted by Crippen LogP contribution is 2.23. The maximum atomic E-state index is 12.3. The first-order valence-electron chi connectivity index (χ1n) is 11.5. The molecule has 2 aromatic carbocycles. The van der Waals surface area contributed by atoms with Gasteiger partial charge in [-0.1, -0.05) is 54.6 Å². The first-order valence-corrected chi connectivity index (χ1v) is 11.5. The van der Waals surface area contributed by atoms with Crippen molar-refractivity contribution in [2.24, 2.45) is 0 Å². The number of nitrogens with zero attached hydrogens (tertiary/aromatic N) is 2. The Morgan fingerprint density at radius 3 is 2.39 bits per heavy atom. The maximum absolute atomic E-state index is 12.3. The molecule has 4 rings (SSSR count). The van der Waals surface area contributed by atoms with Gasteiger partial charge in [-0.3, -0.25) is 14.3 Å². The van der Waals surface area contributed by atoms with Crippen molar-refractivity contribution in [1.29, 1.82) is 0 Å². The molecule has 8 nitrogen and oxygen atoms in total. The lowest BCUT2D eigenvalue weighted by Crippen LogP contribution is -2.28. The number of rotatable bonds is 9. The van der Waals surface area contributed by atoms with Crippen LogP contribution in [0.2, 0.25) is 0 Å². The number of nitrogens with one attached hydrogen (secondary N) is 1. The van der Waals surface area contributed by atoms with Crippen LogP contribution in [0.15, 0.2) is 71.1 Å². The third-order valence-electron chi connectivity index (χ3n) is 5.89. The lowest BCUT2D eigenvalue weighted by molar-refractivity contribution is -0.124. The number of hydrogen-bond donors (Lipinski definition) is 1. The number of carbonyl (C=O) groups is 3. The minimum Gasteiger partial charge on any atom is -0.450 e. The van der Waals surface area contributed by atoms with Crippen molar-refractivity contribution in [1.82, 2.24) is 15.1 Å². The van der Waals surface area contributed by atoms with E-state index in [-0.39, 0.29) is 18.1 Å². The number of carbonyl (C=O) groups excluding carboxylic acids is 3. The first kappa shape index (κ1) is 24.7. The number of amides is 1. The predicted octanol–water partition coefficient (Wildman–Crippen LogP) is 4.48. The lowest BCUT2D eigenvalue weighted by atomic mass is 10.1. The first-order chi connectivity index (χ1) is 17.3. The normalized spacial score (nSPS) is 10.8. The molecule has 2 heterocycles. The molecule has 0 unspecified atom stereocenters. The summed E-state index contributed by atoms with van der Waals surface area (Å²) in [5.41, 5.74) is 5.17. The SMILES string of the molecule is CC(=O)c1ccc(-c2ccc(C(=O)OCC(=O)NCc3c(C)nn(Cc4ccccc4)c3C)o2)cc1. The Bertz CT molecular complexity index is 1380. The number of hydrogen-bond acceptors (Lipinski definition) is 6. The van der Waals surface area contributed by atoms with Crippen LogP contribution in [-0.4, -0.2) is 34.0 Å². The molecule has 0 aliphatic heterocycles. The van der Waals surface area contributed by atoms with E-state index in [9.17, 15) is 14.4 Å². The Kier molecular flexibility index (Phi) is 7.44. The smallest absolute Gasteiger partial charge is 0.374 e. The maximum Gasteiger partial charge on any atom is 0.374 e. The number of ketones is 1.